The van der Waals surface area contributed by atoms with Gasteiger partial charge in [-0.3, -0.25) is 9.78 Å². The fourth-order valence-electron chi connectivity index (χ4n) is 3.95. The maximum Gasteiger partial charge on any atom is 0.219 e. The fraction of sp³-hybridized carbons (Fsp3) is 0.684. The summed E-state index contributed by atoms with van der Waals surface area (Å²) in [6.45, 7) is 7.38. The number of hydrogen-bond acceptors (Lipinski definition) is 4. The highest BCUT2D eigenvalue weighted by Crippen LogP contribution is 2.36. The smallest absolute Gasteiger partial charge is 0.219 e. The maximum absolute atomic E-state index is 11.8. The SMILES string of the molecule is CC(=O)N1CCCC(OCCN2CCCC2)(c2cccnc2)CC1. The first-order chi connectivity index (χ1) is 11.7. The van der Waals surface area contributed by atoms with E-state index in [2.05, 4.69) is 16.0 Å². The zero-order chi connectivity index (χ0) is 16.8. The predicted octanol–water partition coefficient (Wildman–Crippen LogP) is 2.42. The summed E-state index contributed by atoms with van der Waals surface area (Å²) in [6.07, 6.45) is 9.11. The highest BCUT2D eigenvalue weighted by Gasteiger charge is 2.36. The van der Waals surface area contributed by atoms with Crippen LogP contribution in [-0.2, 0) is 15.1 Å². The Bertz CT molecular complexity index is 531. The third-order valence-corrected chi connectivity index (χ3v) is 5.41. The van der Waals surface area contributed by atoms with E-state index in [1.807, 2.05) is 17.2 Å². The summed E-state index contributed by atoms with van der Waals surface area (Å²) in [5.41, 5.74) is 0.842. The topological polar surface area (TPSA) is 45.7 Å². The van der Waals surface area contributed by atoms with Gasteiger partial charge < -0.3 is 14.5 Å². The van der Waals surface area contributed by atoms with Crippen LogP contribution in [0.2, 0.25) is 0 Å². The molecule has 1 atom stereocenters. The molecule has 0 radical (unpaired) electrons. The number of amides is 1. The van der Waals surface area contributed by atoms with Gasteiger partial charge in [-0.05, 0) is 51.3 Å². The summed E-state index contributed by atoms with van der Waals surface area (Å²) in [5, 5.41) is 0. The Morgan fingerprint density at radius 1 is 1.21 bits per heavy atom. The van der Waals surface area contributed by atoms with Gasteiger partial charge in [0.05, 0.1) is 12.2 Å². The van der Waals surface area contributed by atoms with Crippen LogP contribution in [0.4, 0.5) is 0 Å². The zero-order valence-corrected chi connectivity index (χ0v) is 14.7. The lowest BCUT2D eigenvalue weighted by atomic mass is 9.87. The highest BCUT2D eigenvalue weighted by atomic mass is 16.5. The Morgan fingerprint density at radius 2 is 2.04 bits per heavy atom. The molecule has 0 spiro atoms. The molecule has 0 aromatic carbocycles. The van der Waals surface area contributed by atoms with Crippen LogP contribution in [0.3, 0.4) is 0 Å². The Kier molecular flexibility index (Phi) is 5.85. The van der Waals surface area contributed by atoms with E-state index in [9.17, 15) is 4.79 Å². The number of hydrogen-bond donors (Lipinski definition) is 0. The molecule has 2 saturated heterocycles. The predicted molar refractivity (Wildman–Crippen MR) is 93.6 cm³/mol. The van der Waals surface area contributed by atoms with Gasteiger partial charge in [-0.15, -0.1) is 0 Å². The minimum Gasteiger partial charge on any atom is -0.369 e. The number of nitrogens with zero attached hydrogens (tertiary/aromatic N) is 3. The molecule has 3 heterocycles. The molecule has 2 aliphatic rings. The van der Waals surface area contributed by atoms with Gasteiger partial charge in [-0.25, -0.2) is 0 Å². The zero-order valence-electron chi connectivity index (χ0n) is 14.7. The Balaban J connectivity index is 1.70. The highest BCUT2D eigenvalue weighted by molar-refractivity contribution is 5.73. The van der Waals surface area contributed by atoms with E-state index in [0.717, 1.165) is 51.1 Å². The average Bonchev–Trinajstić information content (AvgIpc) is 3.01. The molecule has 1 aromatic rings. The lowest BCUT2D eigenvalue weighted by Crippen LogP contribution is -2.36. The molecule has 0 N–H and O–H groups in total. The van der Waals surface area contributed by atoms with Crippen molar-refractivity contribution in [2.45, 2.75) is 44.6 Å². The van der Waals surface area contributed by atoms with Crippen LogP contribution >= 0.6 is 0 Å². The normalized spacial score (nSPS) is 25.6. The maximum atomic E-state index is 11.8. The molecule has 0 saturated carbocycles. The molecule has 0 bridgehead atoms. The van der Waals surface area contributed by atoms with Crippen molar-refractivity contribution in [2.75, 3.05) is 39.3 Å². The monoisotopic (exact) mass is 331 g/mol. The lowest BCUT2D eigenvalue weighted by molar-refractivity contribution is -0.129. The number of rotatable bonds is 5. The Hall–Kier alpha value is -1.46. The molecule has 0 aliphatic carbocycles. The van der Waals surface area contributed by atoms with E-state index < -0.39 is 0 Å². The van der Waals surface area contributed by atoms with Crippen molar-refractivity contribution < 1.29 is 9.53 Å². The summed E-state index contributed by atoms with van der Waals surface area (Å²) >= 11 is 0. The summed E-state index contributed by atoms with van der Waals surface area (Å²) in [7, 11) is 0. The number of likely N-dealkylation sites (tertiary alicyclic amines) is 2. The molecule has 24 heavy (non-hydrogen) atoms. The molecule has 132 valence electrons. The van der Waals surface area contributed by atoms with E-state index >= 15 is 0 Å². The van der Waals surface area contributed by atoms with E-state index in [4.69, 9.17) is 4.74 Å². The second-order valence-electron chi connectivity index (χ2n) is 6.99. The standard InChI is InChI=1S/C19H29N3O2/c1-17(23)22-12-5-7-19(8-13-22,18-6-4-9-20-16-18)24-15-14-21-10-2-3-11-21/h4,6,9,16H,2-3,5,7-8,10-15H2,1H3. The first-order valence-corrected chi connectivity index (χ1v) is 9.22. The van der Waals surface area contributed by atoms with Crippen molar-refractivity contribution in [3.63, 3.8) is 0 Å². The minimum absolute atomic E-state index is 0.161. The van der Waals surface area contributed by atoms with Crippen LogP contribution in [0.25, 0.3) is 0 Å². The van der Waals surface area contributed by atoms with Crippen molar-refractivity contribution in [2.24, 2.45) is 0 Å². The summed E-state index contributed by atoms with van der Waals surface area (Å²) in [4.78, 5) is 20.5. The molecule has 1 aromatic heterocycles. The van der Waals surface area contributed by atoms with Crippen LogP contribution in [0.1, 0.15) is 44.6 Å². The van der Waals surface area contributed by atoms with Gasteiger partial charge in [0, 0.05) is 44.5 Å². The Morgan fingerprint density at radius 3 is 2.75 bits per heavy atom. The van der Waals surface area contributed by atoms with E-state index in [0.29, 0.717) is 0 Å². The van der Waals surface area contributed by atoms with Crippen molar-refractivity contribution in [3.8, 4) is 0 Å². The molecular formula is C19H29N3O2. The molecule has 1 unspecified atom stereocenters. The summed E-state index contributed by atoms with van der Waals surface area (Å²) < 4.78 is 6.51. The third-order valence-electron chi connectivity index (χ3n) is 5.41. The van der Waals surface area contributed by atoms with E-state index in [1.54, 1.807) is 13.1 Å². The molecule has 2 fully saturated rings. The van der Waals surface area contributed by atoms with E-state index in [1.165, 1.54) is 25.9 Å². The van der Waals surface area contributed by atoms with Gasteiger partial charge >= 0.3 is 0 Å². The second kappa shape index (κ2) is 8.08. The van der Waals surface area contributed by atoms with Gasteiger partial charge in [0.25, 0.3) is 0 Å². The van der Waals surface area contributed by atoms with Gasteiger partial charge in [0.1, 0.15) is 0 Å². The van der Waals surface area contributed by atoms with Gasteiger partial charge in [-0.1, -0.05) is 6.07 Å². The number of carbonyl (C=O) groups is 1. The second-order valence-corrected chi connectivity index (χ2v) is 6.99. The van der Waals surface area contributed by atoms with Gasteiger partial charge in [0.2, 0.25) is 5.91 Å². The van der Waals surface area contributed by atoms with Crippen LogP contribution in [0.15, 0.2) is 24.5 Å². The Labute approximate surface area is 145 Å². The minimum atomic E-state index is -0.307. The largest absolute Gasteiger partial charge is 0.369 e. The van der Waals surface area contributed by atoms with Crippen LogP contribution in [-0.4, -0.2) is 60.0 Å². The van der Waals surface area contributed by atoms with E-state index in [-0.39, 0.29) is 11.5 Å². The fourth-order valence-corrected chi connectivity index (χ4v) is 3.95. The van der Waals surface area contributed by atoms with Crippen molar-refractivity contribution in [1.82, 2.24) is 14.8 Å². The molecule has 5 nitrogen and oxygen atoms in total. The van der Waals surface area contributed by atoms with Crippen LogP contribution in [0.5, 0.6) is 0 Å². The summed E-state index contributed by atoms with van der Waals surface area (Å²) in [6, 6.07) is 4.10. The number of pyridine rings is 1. The number of carbonyl (C=O) groups excluding carboxylic acids is 1. The average molecular weight is 331 g/mol. The van der Waals surface area contributed by atoms with Crippen molar-refractivity contribution in [3.05, 3.63) is 30.1 Å². The van der Waals surface area contributed by atoms with Gasteiger partial charge in [-0.2, -0.15) is 0 Å². The quantitative estimate of drug-likeness (QED) is 0.831. The first-order valence-electron chi connectivity index (χ1n) is 9.22. The lowest BCUT2D eigenvalue weighted by Gasteiger charge is -2.34. The number of ether oxygens (including phenoxy) is 1. The molecule has 2 aliphatic heterocycles. The third kappa shape index (κ3) is 4.14. The number of aromatic nitrogens is 1. The van der Waals surface area contributed by atoms with Crippen LogP contribution in [0, 0.1) is 0 Å². The molecular weight excluding hydrogens is 302 g/mol. The molecule has 3 rings (SSSR count). The first kappa shape index (κ1) is 17.4. The van der Waals surface area contributed by atoms with Gasteiger partial charge in [0.15, 0.2) is 0 Å². The molecule has 1 amide bonds. The van der Waals surface area contributed by atoms with Crippen molar-refractivity contribution >= 4 is 5.91 Å². The summed E-state index contributed by atoms with van der Waals surface area (Å²) in [5.74, 6) is 0.161. The molecule has 5 heteroatoms. The van der Waals surface area contributed by atoms with Crippen molar-refractivity contribution in [1.29, 1.82) is 0 Å². The van der Waals surface area contributed by atoms with Crippen LogP contribution < -0.4 is 0 Å².